The molecule has 1 amide bonds. The van der Waals surface area contributed by atoms with Crippen LogP contribution in [0.25, 0.3) is 10.6 Å². The van der Waals surface area contributed by atoms with Crippen molar-refractivity contribution in [2.24, 2.45) is 0 Å². The van der Waals surface area contributed by atoms with Crippen molar-refractivity contribution >= 4 is 46.4 Å². The number of nitrogens with one attached hydrogen (secondary N) is 2. The van der Waals surface area contributed by atoms with Gasteiger partial charge in [-0.1, -0.05) is 41.1 Å². The third-order valence-electron chi connectivity index (χ3n) is 4.24. The van der Waals surface area contributed by atoms with Crippen LogP contribution in [0.5, 0.6) is 0 Å². The molecule has 2 aromatic heterocycles. The Hall–Kier alpha value is -2.00. The van der Waals surface area contributed by atoms with Crippen LogP contribution in [0, 0.1) is 0 Å². The van der Waals surface area contributed by atoms with Gasteiger partial charge in [-0.15, -0.1) is 22.6 Å². The van der Waals surface area contributed by atoms with Gasteiger partial charge in [-0.25, -0.2) is 0 Å². The molecule has 10 heteroatoms. The number of piperidine rings is 1. The van der Waals surface area contributed by atoms with E-state index in [2.05, 4.69) is 25.9 Å². The molecule has 1 aromatic carbocycles. The molecule has 0 saturated carbocycles. The molecule has 7 nitrogen and oxygen atoms in total. The van der Waals surface area contributed by atoms with Gasteiger partial charge in [-0.05, 0) is 31.5 Å². The van der Waals surface area contributed by atoms with Crippen molar-refractivity contribution in [1.82, 2.24) is 25.3 Å². The Balaban J connectivity index is 0.00000210. The highest BCUT2D eigenvalue weighted by molar-refractivity contribution is 7.18. The lowest BCUT2D eigenvalue weighted by Crippen LogP contribution is -2.32. The van der Waals surface area contributed by atoms with Gasteiger partial charge >= 0.3 is 0 Å². The minimum Gasteiger partial charge on any atom is -0.315 e. The van der Waals surface area contributed by atoms with Gasteiger partial charge in [0, 0.05) is 18.3 Å². The molecule has 1 unspecified atom stereocenters. The summed E-state index contributed by atoms with van der Waals surface area (Å²) in [5, 5.41) is 20.3. The summed E-state index contributed by atoms with van der Waals surface area (Å²) in [6, 6.07) is 9.41. The molecule has 1 aliphatic rings. The topological polar surface area (TPSA) is 84.7 Å². The highest BCUT2D eigenvalue weighted by Gasteiger charge is 2.19. The quantitative estimate of drug-likeness (QED) is 0.667. The average molecular weight is 425 g/mol. The van der Waals surface area contributed by atoms with E-state index >= 15 is 0 Å². The molecule has 3 heterocycles. The Morgan fingerprint density at radius 2 is 2.15 bits per heavy atom. The molecule has 0 bridgehead atoms. The monoisotopic (exact) mass is 424 g/mol. The van der Waals surface area contributed by atoms with Crippen LogP contribution in [0.4, 0.5) is 5.13 Å². The number of aromatic nitrogens is 4. The minimum absolute atomic E-state index is 0. The summed E-state index contributed by atoms with van der Waals surface area (Å²) in [5.41, 5.74) is 1.16. The zero-order valence-corrected chi connectivity index (χ0v) is 16.7. The number of nitrogens with zero attached hydrogens (tertiary/aromatic N) is 4. The van der Waals surface area contributed by atoms with Crippen LogP contribution in [0.2, 0.25) is 5.02 Å². The van der Waals surface area contributed by atoms with E-state index in [0.717, 1.165) is 31.5 Å². The van der Waals surface area contributed by atoms with E-state index in [4.69, 9.17) is 11.6 Å². The number of hydrogen-bond acceptors (Lipinski definition) is 6. The highest BCUT2D eigenvalue weighted by atomic mass is 35.5. The van der Waals surface area contributed by atoms with Crippen LogP contribution in [-0.2, 0) is 0 Å². The van der Waals surface area contributed by atoms with Gasteiger partial charge < -0.3 is 5.32 Å². The molecule has 4 rings (SSSR count). The molecule has 1 aliphatic heterocycles. The lowest BCUT2D eigenvalue weighted by Gasteiger charge is -2.22. The van der Waals surface area contributed by atoms with E-state index in [0.29, 0.717) is 26.9 Å². The number of halogens is 2. The Bertz CT molecular complexity index is 922. The predicted octanol–water partition coefficient (Wildman–Crippen LogP) is 3.65. The van der Waals surface area contributed by atoms with Crippen LogP contribution < -0.4 is 10.6 Å². The van der Waals surface area contributed by atoms with E-state index in [9.17, 15) is 4.79 Å². The van der Waals surface area contributed by atoms with Crippen LogP contribution in [0.15, 0.2) is 36.5 Å². The standard InChI is InChI=1S/C17H17ClN6OS.ClH/c18-13-6-2-1-5-12(13)16-21-22-17(26-16)20-15(25)14-7-9-24(23-14)11-4-3-8-19-10-11;/h1-2,5-7,9,11,19H,3-4,8,10H2,(H,20,22,25);1H. The molecular formula is C17H18Cl2N6OS. The van der Waals surface area contributed by atoms with Crippen molar-refractivity contribution in [2.45, 2.75) is 18.9 Å². The van der Waals surface area contributed by atoms with Gasteiger partial charge in [0.05, 0.1) is 11.1 Å². The summed E-state index contributed by atoms with van der Waals surface area (Å²) >= 11 is 7.45. The summed E-state index contributed by atoms with van der Waals surface area (Å²) < 4.78 is 1.86. The largest absolute Gasteiger partial charge is 0.315 e. The lowest BCUT2D eigenvalue weighted by atomic mass is 10.1. The average Bonchev–Trinajstić information content (AvgIpc) is 3.33. The Labute approximate surface area is 171 Å². The molecule has 142 valence electrons. The number of rotatable bonds is 4. The summed E-state index contributed by atoms with van der Waals surface area (Å²) in [5.74, 6) is -0.297. The molecule has 1 fully saturated rings. The summed E-state index contributed by atoms with van der Waals surface area (Å²) in [4.78, 5) is 12.4. The molecule has 27 heavy (non-hydrogen) atoms. The van der Waals surface area contributed by atoms with E-state index in [-0.39, 0.29) is 18.3 Å². The summed E-state index contributed by atoms with van der Waals surface area (Å²) in [6.07, 6.45) is 4.02. The van der Waals surface area contributed by atoms with Crippen molar-refractivity contribution in [3.63, 3.8) is 0 Å². The maximum atomic E-state index is 12.4. The number of anilines is 1. The fourth-order valence-corrected chi connectivity index (χ4v) is 3.96. The fourth-order valence-electron chi connectivity index (χ4n) is 2.90. The van der Waals surface area contributed by atoms with Crippen molar-refractivity contribution in [3.05, 3.63) is 47.2 Å². The van der Waals surface area contributed by atoms with Crippen molar-refractivity contribution in [3.8, 4) is 10.6 Å². The number of benzene rings is 1. The van der Waals surface area contributed by atoms with E-state index in [1.165, 1.54) is 11.3 Å². The second-order valence-corrected chi connectivity index (χ2v) is 7.41. The molecule has 1 atom stereocenters. The second kappa shape index (κ2) is 8.79. The van der Waals surface area contributed by atoms with Gasteiger partial charge in [0.15, 0.2) is 10.7 Å². The normalized spacial score (nSPS) is 16.6. The predicted molar refractivity (Wildman–Crippen MR) is 109 cm³/mol. The first kappa shape index (κ1) is 19.8. The van der Waals surface area contributed by atoms with Crippen LogP contribution >= 0.6 is 35.3 Å². The molecule has 3 aromatic rings. The van der Waals surface area contributed by atoms with Gasteiger partial charge in [0.25, 0.3) is 5.91 Å². The molecule has 2 N–H and O–H groups in total. The number of amides is 1. The molecule has 0 spiro atoms. The van der Waals surface area contributed by atoms with Gasteiger partial charge in [-0.3, -0.25) is 14.8 Å². The zero-order valence-electron chi connectivity index (χ0n) is 14.3. The SMILES string of the molecule is Cl.O=C(Nc1nnc(-c2ccccc2Cl)s1)c1ccn(C2CCCNC2)n1. The van der Waals surface area contributed by atoms with Gasteiger partial charge in [0.2, 0.25) is 5.13 Å². The second-order valence-electron chi connectivity index (χ2n) is 6.03. The molecule has 1 saturated heterocycles. The molecule has 0 aliphatic carbocycles. The first-order chi connectivity index (χ1) is 12.7. The Morgan fingerprint density at radius 3 is 2.93 bits per heavy atom. The maximum Gasteiger partial charge on any atom is 0.277 e. The molecular weight excluding hydrogens is 407 g/mol. The van der Waals surface area contributed by atoms with Crippen LogP contribution in [0.3, 0.4) is 0 Å². The zero-order chi connectivity index (χ0) is 17.9. The first-order valence-corrected chi connectivity index (χ1v) is 9.56. The number of carbonyl (C=O) groups is 1. The van der Waals surface area contributed by atoms with E-state index in [1.54, 1.807) is 12.1 Å². The van der Waals surface area contributed by atoms with Crippen LogP contribution in [0.1, 0.15) is 29.4 Å². The number of carbonyl (C=O) groups excluding carboxylic acids is 1. The highest BCUT2D eigenvalue weighted by Crippen LogP contribution is 2.31. The smallest absolute Gasteiger partial charge is 0.277 e. The van der Waals surface area contributed by atoms with Crippen molar-refractivity contribution < 1.29 is 4.79 Å². The fraction of sp³-hybridized carbons (Fsp3) is 0.294. The van der Waals surface area contributed by atoms with Gasteiger partial charge in [0.1, 0.15) is 0 Å². The minimum atomic E-state index is -0.297. The Kier molecular flexibility index (Phi) is 6.43. The molecule has 0 radical (unpaired) electrons. The van der Waals surface area contributed by atoms with Crippen LogP contribution in [-0.4, -0.2) is 39.0 Å². The summed E-state index contributed by atoms with van der Waals surface area (Å²) in [6.45, 7) is 1.91. The number of hydrogen-bond donors (Lipinski definition) is 2. The maximum absolute atomic E-state index is 12.4. The van der Waals surface area contributed by atoms with E-state index in [1.807, 2.05) is 29.1 Å². The first-order valence-electron chi connectivity index (χ1n) is 8.36. The van der Waals surface area contributed by atoms with E-state index < -0.39 is 0 Å². The Morgan fingerprint density at radius 1 is 1.30 bits per heavy atom. The van der Waals surface area contributed by atoms with Crippen molar-refractivity contribution in [2.75, 3.05) is 18.4 Å². The summed E-state index contributed by atoms with van der Waals surface area (Å²) in [7, 11) is 0. The lowest BCUT2D eigenvalue weighted by molar-refractivity contribution is 0.102. The third kappa shape index (κ3) is 4.47. The van der Waals surface area contributed by atoms with Crippen molar-refractivity contribution in [1.29, 1.82) is 0 Å². The third-order valence-corrected chi connectivity index (χ3v) is 5.44. The van der Waals surface area contributed by atoms with Gasteiger partial charge in [-0.2, -0.15) is 5.10 Å².